The Bertz CT molecular complexity index is 617. The van der Waals surface area contributed by atoms with E-state index in [1.165, 1.54) is 13.1 Å². The summed E-state index contributed by atoms with van der Waals surface area (Å²) >= 11 is 0. The molecule has 2 aromatic rings. The van der Waals surface area contributed by atoms with E-state index in [1.54, 1.807) is 6.92 Å². The number of phenols is 1. The summed E-state index contributed by atoms with van der Waals surface area (Å²) in [5.41, 5.74) is 0.0191. The average Bonchev–Trinajstić information content (AvgIpc) is 2.61. The molecule has 7 heteroatoms. The van der Waals surface area contributed by atoms with Crippen LogP contribution in [0.2, 0.25) is 0 Å². The minimum atomic E-state index is -0.509. The van der Waals surface area contributed by atoms with Gasteiger partial charge in [-0.25, -0.2) is 9.18 Å². The Morgan fingerprint density at radius 2 is 2.12 bits per heavy atom. The fraction of sp³-hybridized carbons (Fsp3) is 0.300. The van der Waals surface area contributed by atoms with Gasteiger partial charge in [0.05, 0.1) is 0 Å². The maximum Gasteiger partial charge on any atom is 0.368 e. The number of aryl methyl sites for hydroxylation is 2. The summed E-state index contributed by atoms with van der Waals surface area (Å²) in [5.74, 6) is -0.854. The van der Waals surface area contributed by atoms with E-state index in [0.717, 1.165) is 15.4 Å². The number of phenolic OH excluding ortho intramolecular Hbond substituents is 1. The number of benzene rings is 1. The highest BCUT2D eigenvalue weighted by molar-refractivity contribution is 5.47. The highest BCUT2D eigenvalue weighted by Crippen LogP contribution is 2.24. The Balaban J connectivity index is 2.67. The third kappa shape index (κ3) is 1.79. The summed E-state index contributed by atoms with van der Waals surface area (Å²) < 4.78 is 15.3. The number of tetrazole rings is 1. The van der Waals surface area contributed by atoms with Crippen molar-refractivity contribution in [2.75, 3.05) is 0 Å². The van der Waals surface area contributed by atoms with E-state index in [2.05, 4.69) is 10.4 Å². The molecule has 2 rings (SSSR count). The molecule has 17 heavy (non-hydrogen) atoms. The molecule has 6 nitrogen and oxygen atoms in total. The largest absolute Gasteiger partial charge is 0.506 e. The summed E-state index contributed by atoms with van der Waals surface area (Å²) in [4.78, 5) is 11.6. The molecular weight excluding hydrogens is 227 g/mol. The van der Waals surface area contributed by atoms with Crippen LogP contribution in [0.3, 0.4) is 0 Å². The molecule has 1 aromatic carbocycles. The van der Waals surface area contributed by atoms with Gasteiger partial charge in [-0.1, -0.05) is 6.92 Å². The topological polar surface area (TPSA) is 72.9 Å². The van der Waals surface area contributed by atoms with E-state index in [0.29, 0.717) is 12.0 Å². The van der Waals surface area contributed by atoms with Gasteiger partial charge >= 0.3 is 5.69 Å². The van der Waals surface area contributed by atoms with Crippen LogP contribution in [0.4, 0.5) is 4.39 Å². The van der Waals surface area contributed by atoms with Crippen molar-refractivity contribution in [2.24, 2.45) is 7.05 Å². The van der Waals surface area contributed by atoms with Crippen LogP contribution in [0.25, 0.3) is 5.69 Å². The monoisotopic (exact) mass is 238 g/mol. The summed E-state index contributed by atoms with van der Waals surface area (Å²) in [6, 6.07) is 2.36. The predicted octanol–water partition coefficient (Wildman–Crippen LogP) is 0.373. The molecular formula is C10H11FN4O2. The fourth-order valence-electron chi connectivity index (χ4n) is 1.50. The second kappa shape index (κ2) is 4.00. The summed E-state index contributed by atoms with van der Waals surface area (Å²) in [5, 5.41) is 16.7. The predicted molar refractivity (Wildman–Crippen MR) is 57.6 cm³/mol. The maximum absolute atomic E-state index is 13.4. The normalized spacial score (nSPS) is 10.8. The molecule has 0 atom stereocenters. The van der Waals surface area contributed by atoms with Crippen molar-refractivity contribution in [1.29, 1.82) is 0 Å². The zero-order chi connectivity index (χ0) is 12.6. The lowest BCUT2D eigenvalue weighted by molar-refractivity contribution is 0.461. The van der Waals surface area contributed by atoms with Gasteiger partial charge < -0.3 is 5.11 Å². The number of aromatic nitrogens is 4. The maximum atomic E-state index is 13.4. The molecule has 0 bridgehead atoms. The first-order valence-electron chi connectivity index (χ1n) is 5.05. The zero-order valence-corrected chi connectivity index (χ0v) is 9.38. The average molecular weight is 238 g/mol. The molecule has 0 fully saturated rings. The Kier molecular flexibility index (Phi) is 2.66. The molecule has 0 amide bonds. The molecule has 0 aliphatic heterocycles. The van der Waals surface area contributed by atoms with Crippen LogP contribution in [0.5, 0.6) is 5.75 Å². The van der Waals surface area contributed by atoms with E-state index >= 15 is 0 Å². The van der Waals surface area contributed by atoms with Crippen molar-refractivity contribution >= 4 is 0 Å². The van der Waals surface area contributed by atoms with E-state index in [9.17, 15) is 14.3 Å². The minimum Gasteiger partial charge on any atom is -0.506 e. The number of rotatable bonds is 2. The van der Waals surface area contributed by atoms with Gasteiger partial charge in [0.15, 0.2) is 0 Å². The summed E-state index contributed by atoms with van der Waals surface area (Å²) in [7, 11) is 1.44. The Hall–Kier alpha value is -2.18. The third-order valence-corrected chi connectivity index (χ3v) is 2.47. The molecule has 0 saturated carbocycles. The van der Waals surface area contributed by atoms with Crippen molar-refractivity contribution < 1.29 is 9.50 Å². The second-order valence-corrected chi connectivity index (χ2v) is 3.58. The highest BCUT2D eigenvalue weighted by Gasteiger charge is 2.14. The standard InChI is InChI=1S/C10H11FN4O2/c1-3-6-4-8(9(16)5-7(6)11)15-10(17)14(2)12-13-15/h4-5,16H,3H2,1-2H3. The van der Waals surface area contributed by atoms with Crippen LogP contribution in [-0.4, -0.2) is 24.9 Å². The molecule has 0 spiro atoms. The molecule has 90 valence electrons. The third-order valence-electron chi connectivity index (χ3n) is 2.47. The summed E-state index contributed by atoms with van der Waals surface area (Å²) in [6.07, 6.45) is 0.453. The van der Waals surface area contributed by atoms with Gasteiger partial charge in [0.2, 0.25) is 0 Å². The van der Waals surface area contributed by atoms with Crippen LogP contribution in [-0.2, 0) is 13.5 Å². The van der Waals surface area contributed by atoms with Crippen molar-refractivity contribution in [3.8, 4) is 11.4 Å². The quantitative estimate of drug-likeness (QED) is 0.820. The fourth-order valence-corrected chi connectivity index (χ4v) is 1.50. The highest BCUT2D eigenvalue weighted by atomic mass is 19.1. The van der Waals surface area contributed by atoms with Gasteiger partial charge in [0.25, 0.3) is 0 Å². The molecule has 0 unspecified atom stereocenters. The lowest BCUT2D eigenvalue weighted by Gasteiger charge is -2.06. The van der Waals surface area contributed by atoms with Gasteiger partial charge in [0, 0.05) is 13.1 Å². The number of hydrogen-bond donors (Lipinski definition) is 1. The van der Waals surface area contributed by atoms with E-state index in [-0.39, 0.29) is 11.4 Å². The molecule has 1 aromatic heterocycles. The van der Waals surface area contributed by atoms with E-state index in [1.807, 2.05) is 0 Å². The zero-order valence-electron chi connectivity index (χ0n) is 9.38. The minimum absolute atomic E-state index is 0.126. The van der Waals surface area contributed by atoms with E-state index < -0.39 is 11.5 Å². The van der Waals surface area contributed by atoms with Crippen molar-refractivity contribution in [2.45, 2.75) is 13.3 Å². The van der Waals surface area contributed by atoms with Gasteiger partial charge in [-0.3, -0.25) is 0 Å². The van der Waals surface area contributed by atoms with Crippen LogP contribution in [0.1, 0.15) is 12.5 Å². The molecule has 0 saturated heterocycles. The first-order chi connectivity index (χ1) is 8.04. The van der Waals surface area contributed by atoms with Gasteiger partial charge in [-0.15, -0.1) is 0 Å². The SMILES string of the molecule is CCc1cc(-n2nnn(C)c2=O)c(O)cc1F. The Labute approximate surface area is 95.9 Å². The number of halogens is 1. The lowest BCUT2D eigenvalue weighted by atomic mass is 10.1. The molecule has 1 heterocycles. The second-order valence-electron chi connectivity index (χ2n) is 3.58. The molecule has 0 radical (unpaired) electrons. The van der Waals surface area contributed by atoms with Crippen molar-refractivity contribution in [1.82, 2.24) is 19.8 Å². The van der Waals surface area contributed by atoms with Gasteiger partial charge in [-0.05, 0) is 28.5 Å². The van der Waals surface area contributed by atoms with Crippen molar-refractivity contribution in [3.63, 3.8) is 0 Å². The summed E-state index contributed by atoms with van der Waals surface area (Å²) in [6.45, 7) is 1.78. The van der Waals surface area contributed by atoms with Crippen LogP contribution in [0, 0.1) is 5.82 Å². The van der Waals surface area contributed by atoms with Crippen LogP contribution < -0.4 is 5.69 Å². The van der Waals surface area contributed by atoms with Gasteiger partial charge in [-0.2, -0.15) is 9.36 Å². The number of hydrogen-bond acceptors (Lipinski definition) is 4. The Morgan fingerprint density at radius 3 is 2.65 bits per heavy atom. The van der Waals surface area contributed by atoms with Crippen LogP contribution in [0.15, 0.2) is 16.9 Å². The molecule has 1 N–H and O–H groups in total. The Morgan fingerprint density at radius 1 is 1.41 bits per heavy atom. The smallest absolute Gasteiger partial charge is 0.368 e. The lowest BCUT2D eigenvalue weighted by Crippen LogP contribution is -2.22. The van der Waals surface area contributed by atoms with E-state index in [4.69, 9.17) is 0 Å². The molecule has 0 aliphatic carbocycles. The molecule has 0 aliphatic rings. The van der Waals surface area contributed by atoms with Crippen LogP contribution >= 0.6 is 0 Å². The first-order valence-corrected chi connectivity index (χ1v) is 5.05. The van der Waals surface area contributed by atoms with Crippen molar-refractivity contribution in [3.05, 3.63) is 34.0 Å². The van der Waals surface area contributed by atoms with Gasteiger partial charge in [0.1, 0.15) is 17.3 Å². The number of aromatic hydroxyl groups is 1. The first kappa shape index (κ1) is 11.3. The number of nitrogens with zero attached hydrogens (tertiary/aromatic N) is 4.